The van der Waals surface area contributed by atoms with Crippen LogP contribution in [-0.4, -0.2) is 33.7 Å². The first-order valence-corrected chi connectivity index (χ1v) is 13.8. The summed E-state index contributed by atoms with van der Waals surface area (Å²) in [6, 6.07) is 24.2. The molecule has 5 N–H and O–H groups in total. The Hall–Kier alpha value is -4.06. The predicted molar refractivity (Wildman–Crippen MR) is 152 cm³/mol. The van der Waals surface area contributed by atoms with E-state index in [9.17, 15) is 19.5 Å². The first-order chi connectivity index (χ1) is 18.9. The van der Waals surface area contributed by atoms with Gasteiger partial charge >= 0.3 is 6.03 Å². The zero-order valence-corrected chi connectivity index (χ0v) is 22.7. The van der Waals surface area contributed by atoms with Gasteiger partial charge in [-0.25, -0.2) is 20.7 Å². The number of halogens is 1. The van der Waals surface area contributed by atoms with Crippen LogP contribution < -0.4 is 21.6 Å². The maximum atomic E-state index is 13.2. The number of nitrogens with zero attached hydrogens (tertiary/aromatic N) is 1. The highest BCUT2D eigenvalue weighted by Crippen LogP contribution is 2.51. The highest BCUT2D eigenvalue weighted by Gasteiger charge is 2.58. The van der Waals surface area contributed by atoms with Gasteiger partial charge in [-0.3, -0.25) is 15.0 Å². The summed E-state index contributed by atoms with van der Waals surface area (Å²) in [5.41, 5.74) is 10.7. The lowest BCUT2D eigenvalue weighted by atomic mass is 9.93. The minimum Gasteiger partial charge on any atom is -0.508 e. The summed E-state index contributed by atoms with van der Waals surface area (Å²) in [4.78, 5) is 37.8. The van der Waals surface area contributed by atoms with Crippen molar-refractivity contribution < 1.29 is 19.5 Å². The Bertz CT molecular complexity index is 1650. The van der Waals surface area contributed by atoms with Gasteiger partial charge in [-0.15, -0.1) is 11.8 Å². The van der Waals surface area contributed by atoms with Crippen LogP contribution in [0, 0.1) is 0 Å². The Morgan fingerprint density at radius 3 is 2.59 bits per heavy atom. The van der Waals surface area contributed by atoms with Crippen LogP contribution in [-0.2, 0) is 14.5 Å². The fraction of sp³-hybridized carbons (Fsp3) is 0.107. The summed E-state index contributed by atoms with van der Waals surface area (Å²) < 4.78 is 0.765. The number of para-hydroxylation sites is 1. The summed E-state index contributed by atoms with van der Waals surface area (Å²) in [5, 5.41) is 16.5. The molecule has 2 aliphatic rings. The second-order valence-corrected chi connectivity index (χ2v) is 11.1. The van der Waals surface area contributed by atoms with Crippen LogP contribution >= 0.6 is 27.7 Å². The van der Waals surface area contributed by atoms with E-state index in [1.165, 1.54) is 0 Å². The summed E-state index contributed by atoms with van der Waals surface area (Å²) in [6.07, 6.45) is 0. The van der Waals surface area contributed by atoms with Gasteiger partial charge in [-0.05, 0) is 34.5 Å². The molecule has 0 aliphatic carbocycles. The van der Waals surface area contributed by atoms with Gasteiger partial charge in [0.15, 0.2) is 0 Å². The van der Waals surface area contributed by atoms with Crippen LogP contribution in [0.15, 0.2) is 89.4 Å². The molecule has 11 heteroatoms. The van der Waals surface area contributed by atoms with Crippen molar-refractivity contribution in [1.29, 1.82) is 0 Å². The summed E-state index contributed by atoms with van der Waals surface area (Å²) in [7, 11) is 0. The minimum atomic E-state index is -1.40. The van der Waals surface area contributed by atoms with E-state index in [4.69, 9.17) is 0 Å². The van der Waals surface area contributed by atoms with E-state index in [-0.39, 0.29) is 11.5 Å². The second-order valence-electron chi connectivity index (χ2n) is 9.05. The van der Waals surface area contributed by atoms with Crippen LogP contribution in [0.25, 0.3) is 10.8 Å². The number of urea groups is 1. The van der Waals surface area contributed by atoms with Gasteiger partial charge in [-0.2, -0.15) is 0 Å². The van der Waals surface area contributed by atoms with Gasteiger partial charge in [0.25, 0.3) is 11.8 Å². The molecular formula is C28H22BrN5O4S. The predicted octanol–water partition coefficient (Wildman–Crippen LogP) is 4.50. The Morgan fingerprint density at radius 1 is 1.00 bits per heavy atom. The largest absolute Gasteiger partial charge is 0.508 e. The van der Waals surface area contributed by atoms with Crippen LogP contribution in [0.1, 0.15) is 22.7 Å². The molecule has 2 aliphatic heterocycles. The zero-order valence-electron chi connectivity index (χ0n) is 20.3. The van der Waals surface area contributed by atoms with Crippen molar-refractivity contribution in [2.24, 2.45) is 0 Å². The van der Waals surface area contributed by atoms with E-state index in [0.717, 1.165) is 37.6 Å². The van der Waals surface area contributed by atoms with Crippen molar-refractivity contribution in [3.05, 3.63) is 106 Å². The number of hydrogen-bond donors (Lipinski definition) is 5. The van der Waals surface area contributed by atoms with Crippen LogP contribution in [0.2, 0.25) is 0 Å². The molecular weight excluding hydrogens is 582 g/mol. The molecule has 0 aromatic heterocycles. The number of anilines is 1. The SMILES string of the molecule is O=C(NNC(c1ccccc1Br)c1c(O)ccc2ccccc12)NN1C(=O)CSC12C(=O)Nc1ccccc12. The van der Waals surface area contributed by atoms with Crippen LogP contribution in [0.5, 0.6) is 5.75 Å². The number of hydrogen-bond acceptors (Lipinski definition) is 6. The van der Waals surface area contributed by atoms with Gasteiger partial charge in [0.1, 0.15) is 5.75 Å². The Morgan fingerprint density at radius 2 is 1.74 bits per heavy atom. The lowest BCUT2D eigenvalue weighted by molar-refractivity contribution is -0.139. The summed E-state index contributed by atoms with van der Waals surface area (Å²) >= 11 is 4.73. The Balaban J connectivity index is 1.31. The normalized spacial score (nSPS) is 18.7. The zero-order chi connectivity index (χ0) is 27.1. The smallest absolute Gasteiger partial charge is 0.348 e. The number of amides is 4. The number of phenolic OH excluding ortho intramolecular Hbond substituents is 1. The molecule has 0 radical (unpaired) electrons. The van der Waals surface area contributed by atoms with Gasteiger partial charge in [0.2, 0.25) is 4.87 Å². The molecule has 2 heterocycles. The van der Waals surface area contributed by atoms with Crippen LogP contribution in [0.4, 0.5) is 10.5 Å². The molecule has 4 amide bonds. The van der Waals surface area contributed by atoms with Crippen molar-refractivity contribution in [2.75, 3.05) is 11.1 Å². The van der Waals surface area contributed by atoms with Gasteiger partial charge in [-0.1, -0.05) is 82.7 Å². The molecule has 9 nitrogen and oxygen atoms in total. The molecule has 6 rings (SSSR count). The Kier molecular flexibility index (Phi) is 6.42. The molecule has 4 aromatic carbocycles. The molecule has 196 valence electrons. The molecule has 2 atom stereocenters. The van der Waals surface area contributed by atoms with Gasteiger partial charge < -0.3 is 10.4 Å². The number of benzene rings is 4. The number of rotatable bonds is 5. The van der Waals surface area contributed by atoms with E-state index in [0.29, 0.717) is 16.8 Å². The third kappa shape index (κ3) is 4.19. The second kappa shape index (κ2) is 9.92. The number of nitrogens with one attached hydrogen (secondary N) is 4. The van der Waals surface area contributed by atoms with Crippen molar-refractivity contribution >= 4 is 62.0 Å². The number of fused-ring (bicyclic) bond motifs is 3. The minimum absolute atomic E-state index is 0.0267. The lowest BCUT2D eigenvalue weighted by Crippen LogP contribution is -2.59. The number of thioether (sulfide) groups is 1. The van der Waals surface area contributed by atoms with Gasteiger partial charge in [0.05, 0.1) is 11.8 Å². The van der Waals surface area contributed by atoms with Crippen molar-refractivity contribution in [3.8, 4) is 5.75 Å². The molecule has 0 saturated carbocycles. The highest BCUT2D eigenvalue weighted by atomic mass is 79.9. The van der Waals surface area contributed by atoms with E-state index >= 15 is 0 Å². The first-order valence-electron chi connectivity index (χ1n) is 12.1. The molecule has 2 unspecified atom stereocenters. The average Bonchev–Trinajstić information content (AvgIpc) is 3.42. The fourth-order valence-electron chi connectivity index (χ4n) is 5.06. The number of phenols is 1. The molecule has 1 spiro atoms. The monoisotopic (exact) mass is 603 g/mol. The van der Waals surface area contributed by atoms with E-state index in [1.807, 2.05) is 54.6 Å². The maximum absolute atomic E-state index is 13.2. The quantitative estimate of drug-likeness (QED) is 0.214. The molecule has 0 bridgehead atoms. The number of carbonyl (C=O) groups is 3. The van der Waals surface area contributed by atoms with E-state index in [1.54, 1.807) is 30.3 Å². The molecule has 4 aromatic rings. The molecule has 39 heavy (non-hydrogen) atoms. The average molecular weight is 604 g/mol. The number of carbonyl (C=O) groups excluding carboxylic acids is 3. The Labute approximate surface area is 236 Å². The lowest BCUT2D eigenvalue weighted by Gasteiger charge is -2.32. The third-order valence-electron chi connectivity index (χ3n) is 6.81. The standard InChI is InChI=1S/C28H22BrN5O4S/c29-20-11-5-3-9-18(20)25(24-17-8-2-1-7-16(17)13-14-22(24)35)31-32-27(38)33-34-23(36)15-39-28(34)19-10-4-6-12-21(19)30-26(28)37/h1-14,25,31,35H,15H2,(H,30,37)(H2,32,33,38). The number of aromatic hydroxyl groups is 1. The maximum Gasteiger partial charge on any atom is 0.348 e. The third-order valence-corrected chi connectivity index (χ3v) is 8.93. The highest BCUT2D eigenvalue weighted by molar-refractivity contribution is 9.10. The van der Waals surface area contributed by atoms with Crippen LogP contribution in [0.3, 0.4) is 0 Å². The van der Waals surface area contributed by atoms with Gasteiger partial charge in [0, 0.05) is 21.3 Å². The van der Waals surface area contributed by atoms with E-state index in [2.05, 4.69) is 37.5 Å². The number of hydrazine groups is 2. The fourth-order valence-corrected chi connectivity index (χ4v) is 6.83. The van der Waals surface area contributed by atoms with E-state index < -0.39 is 28.8 Å². The topological polar surface area (TPSA) is 123 Å². The summed E-state index contributed by atoms with van der Waals surface area (Å²) in [6.45, 7) is 0. The van der Waals surface area contributed by atoms with Crippen molar-refractivity contribution in [1.82, 2.24) is 21.3 Å². The molecule has 1 fully saturated rings. The first kappa shape index (κ1) is 25.2. The van der Waals surface area contributed by atoms with Crippen molar-refractivity contribution in [3.63, 3.8) is 0 Å². The summed E-state index contributed by atoms with van der Waals surface area (Å²) in [5.74, 6) is -0.733. The van der Waals surface area contributed by atoms with Crippen molar-refractivity contribution in [2.45, 2.75) is 10.9 Å². The molecule has 1 saturated heterocycles.